The van der Waals surface area contributed by atoms with Crippen LogP contribution in [-0.4, -0.2) is 56.5 Å². The van der Waals surface area contributed by atoms with Crippen LogP contribution in [0, 0.1) is 0 Å². The van der Waals surface area contributed by atoms with Crippen LogP contribution in [0.1, 0.15) is 117 Å². The van der Waals surface area contributed by atoms with E-state index in [-0.39, 0.29) is 5.97 Å². The minimum atomic E-state index is -0.0572. The van der Waals surface area contributed by atoms with Crippen molar-refractivity contribution in [3.8, 4) is 0 Å². The lowest BCUT2D eigenvalue weighted by atomic mass is 10.0. The van der Waals surface area contributed by atoms with E-state index in [1.54, 1.807) is 0 Å². The Balaban J connectivity index is 1.78. The molecule has 0 unspecified atom stereocenters. The van der Waals surface area contributed by atoms with Gasteiger partial charge in [-0.25, -0.2) is 0 Å². The number of hydrogen-bond acceptors (Lipinski definition) is 3. The molecule has 0 aromatic rings. The summed E-state index contributed by atoms with van der Waals surface area (Å²) in [7, 11) is 0. The fraction of sp³-hybridized carbons (Fsp3) is 0.962. The van der Waals surface area contributed by atoms with Crippen LogP contribution in [0.5, 0.6) is 0 Å². The fourth-order valence-corrected chi connectivity index (χ4v) is 4.64. The largest absolute Gasteiger partial charge is 0.463 e. The van der Waals surface area contributed by atoms with E-state index in [4.69, 9.17) is 9.47 Å². The topological polar surface area (TPSA) is 35.5 Å². The summed E-state index contributed by atoms with van der Waals surface area (Å²) in [4.78, 5) is 11.8. The van der Waals surface area contributed by atoms with Crippen LogP contribution in [0.25, 0.3) is 0 Å². The summed E-state index contributed by atoms with van der Waals surface area (Å²) in [6.07, 6.45) is 20.5. The standard InChI is InChI=1S/C26H52NO3/c1-3-5-6-7-8-9-10-11-12-13-14-15-16-19-26(28)30-25-24-29-23-22-27(4-2)20-17-18-21-27/h3-25H2,1-2H3/q+1. The number of rotatable bonds is 21. The summed E-state index contributed by atoms with van der Waals surface area (Å²) < 4.78 is 12.2. The van der Waals surface area contributed by atoms with E-state index in [2.05, 4.69) is 13.8 Å². The quantitative estimate of drug-likeness (QED) is 0.117. The highest BCUT2D eigenvalue weighted by molar-refractivity contribution is 5.69. The van der Waals surface area contributed by atoms with Gasteiger partial charge < -0.3 is 14.0 Å². The molecule has 0 bridgehead atoms. The Bertz CT molecular complexity index is 394. The van der Waals surface area contributed by atoms with Gasteiger partial charge in [-0.3, -0.25) is 4.79 Å². The molecule has 0 spiro atoms. The molecule has 1 fully saturated rings. The number of quaternary nitrogens is 1. The van der Waals surface area contributed by atoms with Crippen LogP contribution in [0.4, 0.5) is 0 Å². The lowest BCUT2D eigenvalue weighted by molar-refractivity contribution is -0.915. The zero-order valence-electron chi connectivity index (χ0n) is 20.4. The predicted octanol–water partition coefficient (Wildman–Crippen LogP) is 6.66. The van der Waals surface area contributed by atoms with E-state index in [9.17, 15) is 4.79 Å². The minimum Gasteiger partial charge on any atom is -0.463 e. The molecule has 1 rings (SSSR count). The first-order valence-corrected chi connectivity index (χ1v) is 13.3. The summed E-state index contributed by atoms with van der Waals surface area (Å²) in [6, 6.07) is 0. The third kappa shape index (κ3) is 14.4. The normalized spacial score (nSPS) is 15.5. The second-order valence-electron chi connectivity index (χ2n) is 9.36. The van der Waals surface area contributed by atoms with Gasteiger partial charge in [0.05, 0.1) is 32.8 Å². The van der Waals surface area contributed by atoms with E-state index in [0.717, 1.165) is 26.0 Å². The van der Waals surface area contributed by atoms with Gasteiger partial charge in [0.2, 0.25) is 0 Å². The lowest BCUT2D eigenvalue weighted by Crippen LogP contribution is -2.47. The van der Waals surface area contributed by atoms with Crippen LogP contribution in [0.3, 0.4) is 0 Å². The summed E-state index contributed by atoms with van der Waals surface area (Å²) in [5.74, 6) is -0.0572. The lowest BCUT2D eigenvalue weighted by Gasteiger charge is -2.32. The molecule has 0 amide bonds. The fourth-order valence-electron chi connectivity index (χ4n) is 4.64. The highest BCUT2D eigenvalue weighted by Crippen LogP contribution is 2.18. The van der Waals surface area contributed by atoms with Gasteiger partial charge in [0.15, 0.2) is 0 Å². The van der Waals surface area contributed by atoms with Crippen molar-refractivity contribution in [2.45, 2.75) is 117 Å². The van der Waals surface area contributed by atoms with Gasteiger partial charge in [-0.05, 0) is 13.3 Å². The van der Waals surface area contributed by atoms with Gasteiger partial charge in [0.25, 0.3) is 0 Å². The number of carbonyl (C=O) groups is 1. The molecule has 1 aliphatic rings. The van der Waals surface area contributed by atoms with Crippen molar-refractivity contribution in [1.29, 1.82) is 0 Å². The maximum atomic E-state index is 11.8. The molecule has 4 nitrogen and oxygen atoms in total. The molecule has 178 valence electrons. The number of nitrogens with zero attached hydrogens (tertiary/aromatic N) is 1. The molecule has 0 aromatic carbocycles. The smallest absolute Gasteiger partial charge is 0.305 e. The highest BCUT2D eigenvalue weighted by Gasteiger charge is 2.29. The third-order valence-corrected chi connectivity index (χ3v) is 6.87. The monoisotopic (exact) mass is 426 g/mol. The molecule has 0 atom stereocenters. The van der Waals surface area contributed by atoms with Crippen molar-refractivity contribution in [2.75, 3.05) is 46.0 Å². The van der Waals surface area contributed by atoms with Crippen molar-refractivity contribution in [2.24, 2.45) is 0 Å². The average molecular weight is 427 g/mol. The molecule has 0 aliphatic carbocycles. The van der Waals surface area contributed by atoms with Gasteiger partial charge >= 0.3 is 5.97 Å². The van der Waals surface area contributed by atoms with Gasteiger partial charge in [-0.1, -0.05) is 84.0 Å². The molecule has 0 radical (unpaired) electrons. The Morgan fingerprint density at radius 1 is 0.700 bits per heavy atom. The maximum Gasteiger partial charge on any atom is 0.305 e. The van der Waals surface area contributed by atoms with E-state index < -0.39 is 0 Å². The summed E-state index contributed by atoms with van der Waals surface area (Å²) >= 11 is 0. The first-order chi connectivity index (χ1) is 14.7. The van der Waals surface area contributed by atoms with E-state index >= 15 is 0 Å². The second-order valence-corrected chi connectivity index (χ2v) is 9.36. The van der Waals surface area contributed by atoms with Crippen molar-refractivity contribution < 1.29 is 18.8 Å². The number of likely N-dealkylation sites (tertiary alicyclic amines) is 1. The maximum absolute atomic E-state index is 11.8. The predicted molar refractivity (Wildman–Crippen MR) is 127 cm³/mol. The zero-order chi connectivity index (χ0) is 21.8. The molecular weight excluding hydrogens is 374 g/mol. The van der Waals surface area contributed by atoms with E-state index in [1.165, 1.54) is 108 Å². The molecule has 1 aliphatic heterocycles. The Morgan fingerprint density at radius 3 is 1.77 bits per heavy atom. The SMILES string of the molecule is CCCCCCCCCCCCCCCC(=O)OCCOCC[N+]1(CC)CCCC1. The number of ether oxygens (including phenoxy) is 2. The number of unbranched alkanes of at least 4 members (excludes halogenated alkanes) is 12. The van der Waals surface area contributed by atoms with Crippen molar-refractivity contribution in [1.82, 2.24) is 0 Å². The second kappa shape index (κ2) is 19.1. The van der Waals surface area contributed by atoms with Crippen molar-refractivity contribution in [3.63, 3.8) is 0 Å². The Kier molecular flexibility index (Phi) is 17.5. The van der Waals surface area contributed by atoms with Crippen LogP contribution in [-0.2, 0) is 14.3 Å². The van der Waals surface area contributed by atoms with Gasteiger partial charge in [0, 0.05) is 19.3 Å². The molecule has 0 N–H and O–H groups in total. The number of esters is 1. The van der Waals surface area contributed by atoms with Crippen LogP contribution in [0.15, 0.2) is 0 Å². The molecule has 0 saturated carbocycles. The average Bonchev–Trinajstić information content (AvgIpc) is 3.23. The van der Waals surface area contributed by atoms with Crippen molar-refractivity contribution in [3.05, 3.63) is 0 Å². The first-order valence-electron chi connectivity index (χ1n) is 13.3. The summed E-state index contributed by atoms with van der Waals surface area (Å²) in [5, 5.41) is 0. The van der Waals surface area contributed by atoms with E-state index in [1.807, 2.05) is 0 Å². The molecule has 30 heavy (non-hydrogen) atoms. The van der Waals surface area contributed by atoms with Gasteiger partial charge in [0.1, 0.15) is 13.2 Å². The number of carbonyl (C=O) groups excluding carboxylic acids is 1. The van der Waals surface area contributed by atoms with Gasteiger partial charge in [-0.15, -0.1) is 0 Å². The Morgan fingerprint density at radius 2 is 1.23 bits per heavy atom. The highest BCUT2D eigenvalue weighted by atomic mass is 16.6. The molecular formula is C26H52NO3+. The summed E-state index contributed by atoms with van der Waals surface area (Å²) in [5.41, 5.74) is 0. The molecule has 1 heterocycles. The minimum absolute atomic E-state index is 0.0572. The Hall–Kier alpha value is -0.610. The Labute approximate surface area is 187 Å². The van der Waals surface area contributed by atoms with Crippen LogP contribution in [0.2, 0.25) is 0 Å². The van der Waals surface area contributed by atoms with E-state index in [0.29, 0.717) is 19.6 Å². The van der Waals surface area contributed by atoms with Gasteiger partial charge in [-0.2, -0.15) is 0 Å². The molecule has 4 heteroatoms. The summed E-state index contributed by atoms with van der Waals surface area (Å²) in [6.45, 7) is 11.2. The molecule has 1 saturated heterocycles. The zero-order valence-corrected chi connectivity index (χ0v) is 20.4. The van der Waals surface area contributed by atoms with Crippen LogP contribution < -0.4 is 0 Å². The number of likely N-dealkylation sites (N-methyl/N-ethyl adjacent to an activating group) is 1. The third-order valence-electron chi connectivity index (χ3n) is 6.87. The first kappa shape index (κ1) is 27.4. The van der Waals surface area contributed by atoms with Crippen molar-refractivity contribution >= 4 is 5.97 Å². The number of hydrogen-bond donors (Lipinski definition) is 0. The van der Waals surface area contributed by atoms with Crippen LogP contribution >= 0.6 is 0 Å². The molecule has 0 aromatic heterocycles.